The monoisotopic (exact) mass is 272 g/mol. The SMILES string of the molecule is COc1ccc(Cl)cc1C(NN)C(OC)C(C)C. The predicted octanol–water partition coefficient (Wildman–Crippen LogP) is 2.52. The minimum Gasteiger partial charge on any atom is -0.496 e. The second kappa shape index (κ2) is 6.95. The summed E-state index contributed by atoms with van der Waals surface area (Å²) in [7, 11) is 3.30. The fourth-order valence-corrected chi connectivity index (χ4v) is 2.28. The smallest absolute Gasteiger partial charge is 0.123 e. The van der Waals surface area contributed by atoms with Crippen molar-refractivity contribution in [2.75, 3.05) is 14.2 Å². The summed E-state index contributed by atoms with van der Waals surface area (Å²) in [6, 6.07) is 5.28. The lowest BCUT2D eigenvalue weighted by atomic mass is 9.93. The van der Waals surface area contributed by atoms with Crippen molar-refractivity contribution in [2.45, 2.75) is 26.0 Å². The number of hydrazine groups is 1. The average molecular weight is 273 g/mol. The molecule has 5 heteroatoms. The van der Waals surface area contributed by atoms with Crippen molar-refractivity contribution in [2.24, 2.45) is 11.8 Å². The van der Waals surface area contributed by atoms with Crippen LogP contribution >= 0.6 is 11.6 Å². The zero-order chi connectivity index (χ0) is 13.7. The zero-order valence-corrected chi connectivity index (χ0v) is 12.0. The van der Waals surface area contributed by atoms with Gasteiger partial charge in [0.15, 0.2) is 0 Å². The summed E-state index contributed by atoms with van der Waals surface area (Å²) in [4.78, 5) is 0. The summed E-state index contributed by atoms with van der Waals surface area (Å²) in [5, 5.41) is 0.643. The minimum atomic E-state index is -0.177. The summed E-state index contributed by atoms with van der Waals surface area (Å²) in [5.74, 6) is 6.71. The largest absolute Gasteiger partial charge is 0.496 e. The number of methoxy groups -OCH3 is 2. The third kappa shape index (κ3) is 3.36. The molecule has 0 bridgehead atoms. The van der Waals surface area contributed by atoms with Crippen LogP contribution < -0.4 is 16.0 Å². The van der Waals surface area contributed by atoms with Crippen molar-refractivity contribution in [3.63, 3.8) is 0 Å². The summed E-state index contributed by atoms with van der Waals surface area (Å²) < 4.78 is 10.9. The molecule has 0 radical (unpaired) electrons. The van der Waals surface area contributed by atoms with Crippen LogP contribution in [0.15, 0.2) is 18.2 Å². The molecule has 2 unspecified atom stereocenters. The van der Waals surface area contributed by atoms with Crippen LogP contribution in [-0.4, -0.2) is 20.3 Å². The van der Waals surface area contributed by atoms with Gasteiger partial charge in [-0.1, -0.05) is 25.4 Å². The highest BCUT2D eigenvalue weighted by Crippen LogP contribution is 2.32. The molecule has 0 aliphatic heterocycles. The molecule has 3 N–H and O–H groups in total. The average Bonchev–Trinajstić information content (AvgIpc) is 2.35. The second-order valence-corrected chi connectivity index (χ2v) is 4.91. The number of halogens is 1. The van der Waals surface area contributed by atoms with Crippen molar-refractivity contribution in [1.29, 1.82) is 0 Å². The van der Waals surface area contributed by atoms with Crippen molar-refractivity contribution in [3.8, 4) is 5.75 Å². The Morgan fingerprint density at radius 3 is 2.39 bits per heavy atom. The molecule has 18 heavy (non-hydrogen) atoms. The van der Waals surface area contributed by atoms with E-state index in [4.69, 9.17) is 26.9 Å². The van der Waals surface area contributed by atoms with Gasteiger partial charge in [-0.3, -0.25) is 11.3 Å². The van der Waals surface area contributed by atoms with Gasteiger partial charge < -0.3 is 9.47 Å². The molecule has 0 fully saturated rings. The second-order valence-electron chi connectivity index (χ2n) is 4.47. The number of nitrogens with two attached hydrogens (primary N) is 1. The molecule has 0 spiro atoms. The Kier molecular flexibility index (Phi) is 5.88. The van der Waals surface area contributed by atoms with Gasteiger partial charge in [-0.05, 0) is 24.1 Å². The van der Waals surface area contributed by atoms with E-state index >= 15 is 0 Å². The number of hydrogen-bond donors (Lipinski definition) is 2. The Labute approximate surface area is 113 Å². The van der Waals surface area contributed by atoms with E-state index in [9.17, 15) is 0 Å². The summed E-state index contributed by atoms with van der Waals surface area (Å²) in [6.07, 6.45) is -0.0673. The number of ether oxygens (including phenoxy) is 2. The highest BCUT2D eigenvalue weighted by Gasteiger charge is 2.27. The van der Waals surface area contributed by atoms with Gasteiger partial charge >= 0.3 is 0 Å². The van der Waals surface area contributed by atoms with Gasteiger partial charge in [0.05, 0.1) is 19.3 Å². The lowest BCUT2D eigenvalue weighted by Crippen LogP contribution is -2.40. The zero-order valence-electron chi connectivity index (χ0n) is 11.2. The van der Waals surface area contributed by atoms with Crippen molar-refractivity contribution >= 4 is 11.6 Å². The van der Waals surface area contributed by atoms with Crippen LogP contribution in [0.3, 0.4) is 0 Å². The molecule has 102 valence electrons. The quantitative estimate of drug-likeness (QED) is 0.617. The van der Waals surface area contributed by atoms with Crippen LogP contribution in [0.1, 0.15) is 25.5 Å². The van der Waals surface area contributed by atoms with Crippen molar-refractivity contribution < 1.29 is 9.47 Å². The first-order chi connectivity index (χ1) is 8.54. The van der Waals surface area contributed by atoms with E-state index in [1.54, 1.807) is 20.3 Å². The van der Waals surface area contributed by atoms with Crippen molar-refractivity contribution in [3.05, 3.63) is 28.8 Å². The Morgan fingerprint density at radius 1 is 1.28 bits per heavy atom. The van der Waals surface area contributed by atoms with Gasteiger partial charge in [0.2, 0.25) is 0 Å². The van der Waals surface area contributed by atoms with Gasteiger partial charge in [-0.2, -0.15) is 0 Å². The number of nitrogens with one attached hydrogen (secondary N) is 1. The maximum Gasteiger partial charge on any atom is 0.123 e. The van der Waals surface area contributed by atoms with Gasteiger partial charge in [-0.25, -0.2) is 0 Å². The molecule has 1 aromatic carbocycles. The third-order valence-corrected chi connectivity index (χ3v) is 3.20. The Bertz CT molecular complexity index is 385. The van der Waals surface area contributed by atoms with E-state index in [0.717, 1.165) is 11.3 Å². The molecule has 0 saturated carbocycles. The maximum absolute atomic E-state index is 6.04. The minimum absolute atomic E-state index is 0.0673. The Morgan fingerprint density at radius 2 is 1.94 bits per heavy atom. The predicted molar refractivity (Wildman–Crippen MR) is 73.7 cm³/mol. The van der Waals surface area contributed by atoms with E-state index in [1.807, 2.05) is 12.1 Å². The fourth-order valence-electron chi connectivity index (χ4n) is 2.10. The van der Waals surface area contributed by atoms with Crippen LogP contribution in [0.25, 0.3) is 0 Å². The van der Waals surface area contributed by atoms with E-state index in [1.165, 1.54) is 0 Å². The van der Waals surface area contributed by atoms with E-state index in [-0.39, 0.29) is 12.1 Å². The topological polar surface area (TPSA) is 56.5 Å². The molecule has 2 atom stereocenters. The fraction of sp³-hybridized carbons (Fsp3) is 0.538. The molecule has 0 aliphatic rings. The highest BCUT2D eigenvalue weighted by molar-refractivity contribution is 6.30. The molecule has 0 saturated heterocycles. The van der Waals surface area contributed by atoms with Crippen LogP contribution in [0.2, 0.25) is 5.02 Å². The number of benzene rings is 1. The lowest BCUT2D eigenvalue weighted by molar-refractivity contribution is 0.0319. The Hall–Kier alpha value is -0.810. The van der Waals surface area contributed by atoms with Crippen LogP contribution in [0.4, 0.5) is 0 Å². The van der Waals surface area contributed by atoms with Crippen LogP contribution in [0, 0.1) is 5.92 Å². The molecule has 4 nitrogen and oxygen atoms in total. The van der Waals surface area contributed by atoms with Gasteiger partial charge in [0.1, 0.15) is 5.75 Å². The first kappa shape index (κ1) is 15.2. The van der Waals surface area contributed by atoms with E-state index < -0.39 is 0 Å². The first-order valence-electron chi connectivity index (χ1n) is 5.87. The summed E-state index contributed by atoms with van der Waals surface area (Å²) in [5.41, 5.74) is 3.69. The van der Waals surface area contributed by atoms with Gasteiger partial charge in [0.25, 0.3) is 0 Å². The molecule has 0 aliphatic carbocycles. The van der Waals surface area contributed by atoms with Crippen LogP contribution in [0.5, 0.6) is 5.75 Å². The Balaban J connectivity index is 3.18. The molecule has 0 heterocycles. The standard InChI is InChI=1S/C13H21ClN2O2/c1-8(2)13(18-4)12(16-15)10-7-9(14)5-6-11(10)17-3/h5-8,12-13,16H,15H2,1-4H3. The lowest BCUT2D eigenvalue weighted by Gasteiger charge is -2.29. The molecule has 0 amide bonds. The molecular weight excluding hydrogens is 252 g/mol. The molecule has 1 aromatic rings. The van der Waals surface area contributed by atoms with Crippen LogP contribution in [-0.2, 0) is 4.74 Å². The van der Waals surface area contributed by atoms with Gasteiger partial charge in [0, 0.05) is 17.7 Å². The van der Waals surface area contributed by atoms with E-state index in [0.29, 0.717) is 10.9 Å². The number of hydrogen-bond acceptors (Lipinski definition) is 4. The molecule has 0 aromatic heterocycles. The molecule has 1 rings (SSSR count). The van der Waals surface area contributed by atoms with E-state index in [2.05, 4.69) is 19.3 Å². The normalized spacial score (nSPS) is 14.6. The first-order valence-corrected chi connectivity index (χ1v) is 6.25. The summed E-state index contributed by atoms with van der Waals surface area (Å²) >= 11 is 6.04. The highest BCUT2D eigenvalue weighted by atomic mass is 35.5. The maximum atomic E-state index is 6.04. The third-order valence-electron chi connectivity index (χ3n) is 2.96. The van der Waals surface area contributed by atoms with Crippen molar-refractivity contribution in [1.82, 2.24) is 5.43 Å². The summed E-state index contributed by atoms with van der Waals surface area (Å²) in [6.45, 7) is 4.16. The molecular formula is C13H21ClN2O2. The van der Waals surface area contributed by atoms with Gasteiger partial charge in [-0.15, -0.1) is 0 Å². The number of rotatable bonds is 6.